The first-order valence-electron chi connectivity index (χ1n) is 17.4. The lowest BCUT2D eigenvalue weighted by molar-refractivity contribution is -0.221. The minimum absolute atomic E-state index is 0. The zero-order valence-electron chi connectivity index (χ0n) is 30.4. The molecule has 4 aliphatic rings. The second-order valence-corrected chi connectivity index (χ2v) is 15.7. The van der Waals surface area contributed by atoms with Crippen molar-refractivity contribution in [1.29, 1.82) is 0 Å². The smallest absolute Gasteiger partial charge is 0.425 e. The highest BCUT2D eigenvalue weighted by Crippen LogP contribution is 2.55. The average molecular weight is 693 g/mol. The number of halogens is 3. The lowest BCUT2D eigenvalue weighted by Gasteiger charge is -2.32. The number of fused-ring (bicyclic) bond motifs is 1. The van der Waals surface area contributed by atoms with Gasteiger partial charge in [-0.3, -0.25) is 19.2 Å². The van der Waals surface area contributed by atoms with Gasteiger partial charge in [-0.1, -0.05) is 35.1 Å². The van der Waals surface area contributed by atoms with Crippen molar-refractivity contribution >= 4 is 23.9 Å². The number of carbonyl (C=O) groups excluding carboxylic acids is 4. The lowest BCUT2D eigenvalue weighted by Crippen LogP contribution is -2.39. The number of rotatable bonds is 10. The molecule has 6 atom stereocenters. The Balaban J connectivity index is 0.000000361. The van der Waals surface area contributed by atoms with Crippen LogP contribution in [0.25, 0.3) is 0 Å². The predicted octanol–water partition coefficient (Wildman–Crippen LogP) is 9.16. The van der Waals surface area contributed by atoms with Gasteiger partial charge in [0.05, 0.1) is 22.2 Å². The van der Waals surface area contributed by atoms with E-state index in [-0.39, 0.29) is 54.5 Å². The third kappa shape index (κ3) is 10.3. The first-order valence-corrected chi connectivity index (χ1v) is 17.4. The van der Waals surface area contributed by atoms with Crippen LogP contribution in [0.5, 0.6) is 0 Å². The van der Waals surface area contributed by atoms with E-state index in [0.717, 1.165) is 51.9 Å². The van der Waals surface area contributed by atoms with Crippen molar-refractivity contribution in [2.45, 2.75) is 178 Å². The van der Waals surface area contributed by atoms with Crippen LogP contribution in [0.1, 0.15) is 148 Å². The molecule has 1 aliphatic heterocycles. The molecule has 0 amide bonds. The summed E-state index contributed by atoms with van der Waals surface area (Å²) in [7, 11) is 0. The molecule has 4 fully saturated rings. The van der Waals surface area contributed by atoms with Crippen LogP contribution in [-0.2, 0) is 38.1 Å². The van der Waals surface area contributed by atoms with Gasteiger partial charge in [0, 0.05) is 11.8 Å². The van der Waals surface area contributed by atoms with E-state index < -0.39 is 29.1 Å². The Labute approximate surface area is 286 Å². The maximum atomic E-state index is 12.1. The van der Waals surface area contributed by atoms with Gasteiger partial charge in [-0.2, -0.15) is 13.2 Å². The van der Waals surface area contributed by atoms with Crippen LogP contribution in [0, 0.1) is 34.0 Å². The van der Waals surface area contributed by atoms with Crippen LogP contribution in [0.2, 0.25) is 0 Å². The highest BCUT2D eigenvalue weighted by Gasteiger charge is 2.63. The van der Waals surface area contributed by atoms with E-state index in [0.29, 0.717) is 18.3 Å². The van der Waals surface area contributed by atoms with Crippen molar-refractivity contribution in [1.82, 2.24) is 0 Å². The largest absolute Gasteiger partial charge is 0.459 e. The second-order valence-electron chi connectivity index (χ2n) is 15.7. The fourth-order valence-electron chi connectivity index (χ4n) is 6.05. The average Bonchev–Trinajstić information content (AvgIpc) is 3.77. The fraction of sp³-hybridized carbons (Fsp3) is 0.892. The van der Waals surface area contributed by atoms with E-state index in [2.05, 4.69) is 11.7 Å². The summed E-state index contributed by atoms with van der Waals surface area (Å²) < 4.78 is 57.2. The van der Waals surface area contributed by atoms with Gasteiger partial charge in [-0.25, -0.2) is 0 Å². The maximum absolute atomic E-state index is 12.1. The Hall–Kier alpha value is -2.33. The SMILES string of the molecule is C.CCC(C)(C)C(=O)OC(C)C(F)(F)F.CCC(C)(C)C(=O)OC1C2CC3C(=O)OC1C3C2.CCC1(OC(=O)C(C)(C)CC)CCCC1. The van der Waals surface area contributed by atoms with E-state index in [1.807, 2.05) is 41.5 Å². The van der Waals surface area contributed by atoms with Crippen LogP contribution in [-0.4, -0.2) is 54.0 Å². The Morgan fingerprint density at radius 1 is 0.833 bits per heavy atom. The lowest BCUT2D eigenvalue weighted by atomic mass is 9.87. The summed E-state index contributed by atoms with van der Waals surface area (Å²) in [6.45, 7) is 19.5. The zero-order valence-corrected chi connectivity index (χ0v) is 30.4. The van der Waals surface area contributed by atoms with Gasteiger partial charge in [0.1, 0.15) is 17.8 Å². The Kier molecular flexibility index (Phi) is 15.1. The van der Waals surface area contributed by atoms with Gasteiger partial charge in [0.15, 0.2) is 6.10 Å². The molecular weight excluding hydrogens is 629 g/mol. The van der Waals surface area contributed by atoms with Crippen molar-refractivity contribution in [2.75, 3.05) is 0 Å². The number of carbonyl (C=O) groups is 4. The van der Waals surface area contributed by atoms with Gasteiger partial charge in [0.25, 0.3) is 0 Å². The third-order valence-electron chi connectivity index (χ3n) is 11.2. The first-order chi connectivity index (χ1) is 21.5. The van der Waals surface area contributed by atoms with Crippen molar-refractivity contribution in [2.24, 2.45) is 34.0 Å². The predicted molar refractivity (Wildman–Crippen MR) is 178 cm³/mol. The molecule has 1 heterocycles. The summed E-state index contributed by atoms with van der Waals surface area (Å²) in [5.74, 6) is -0.381. The van der Waals surface area contributed by atoms with Crippen LogP contribution in [0.4, 0.5) is 13.2 Å². The summed E-state index contributed by atoms with van der Waals surface area (Å²) in [6.07, 6.45) is 2.41. The third-order valence-corrected chi connectivity index (χ3v) is 11.2. The summed E-state index contributed by atoms with van der Waals surface area (Å²) in [5, 5.41) is 0. The van der Waals surface area contributed by atoms with Crippen molar-refractivity contribution in [3.8, 4) is 0 Å². The molecule has 3 saturated carbocycles. The van der Waals surface area contributed by atoms with Gasteiger partial charge in [-0.15, -0.1) is 0 Å². The molecule has 0 aromatic rings. The molecule has 11 heteroatoms. The van der Waals surface area contributed by atoms with Crippen LogP contribution < -0.4 is 0 Å². The van der Waals surface area contributed by atoms with Gasteiger partial charge in [0.2, 0.25) is 0 Å². The summed E-state index contributed by atoms with van der Waals surface area (Å²) in [5.41, 5.74) is -1.78. The van der Waals surface area contributed by atoms with E-state index in [1.54, 1.807) is 20.8 Å². The Morgan fingerprint density at radius 2 is 1.31 bits per heavy atom. The second kappa shape index (κ2) is 16.6. The standard InChI is InChI=1S/C14H20O4.C13H24O2.C9H15F3O2.CH4/c1-4-14(2,3)13(16)18-10-7-5-8-9(6-7)12(15)17-11(8)10;1-5-12(3,4)11(14)15-13(6-2)9-7-8-10-13;1-5-8(3,4)7(13)14-6(2)9(10,11)12;/h7-11H,4-6H2,1-3H3;5-10H2,1-4H3;6H,5H2,1-4H3;1H4. The Bertz CT molecular complexity index is 1110. The number of ether oxygens (including phenoxy) is 4. The summed E-state index contributed by atoms with van der Waals surface area (Å²) in [6, 6.07) is 0. The molecule has 1 saturated heterocycles. The van der Waals surface area contributed by atoms with Gasteiger partial charge < -0.3 is 18.9 Å². The van der Waals surface area contributed by atoms with Crippen molar-refractivity contribution in [3.63, 3.8) is 0 Å². The highest BCUT2D eigenvalue weighted by molar-refractivity contribution is 5.78. The number of alkyl halides is 3. The van der Waals surface area contributed by atoms with Crippen LogP contribution in [0.15, 0.2) is 0 Å². The molecule has 8 nitrogen and oxygen atoms in total. The molecule has 280 valence electrons. The molecule has 0 radical (unpaired) electrons. The monoisotopic (exact) mass is 692 g/mol. The molecule has 3 aliphatic carbocycles. The molecule has 0 aromatic heterocycles. The molecular formula is C37H63F3O8. The first kappa shape index (κ1) is 43.7. The van der Waals surface area contributed by atoms with E-state index in [4.69, 9.17) is 14.2 Å². The van der Waals surface area contributed by atoms with Crippen LogP contribution >= 0.6 is 0 Å². The fourth-order valence-corrected chi connectivity index (χ4v) is 6.05. The number of esters is 4. The maximum Gasteiger partial charge on any atom is 0.425 e. The molecule has 2 bridgehead atoms. The number of hydrogen-bond acceptors (Lipinski definition) is 8. The molecule has 48 heavy (non-hydrogen) atoms. The van der Waals surface area contributed by atoms with Gasteiger partial charge >= 0.3 is 30.1 Å². The Morgan fingerprint density at radius 3 is 1.77 bits per heavy atom. The summed E-state index contributed by atoms with van der Waals surface area (Å²) >= 11 is 0. The van der Waals surface area contributed by atoms with E-state index >= 15 is 0 Å². The topological polar surface area (TPSA) is 105 Å². The zero-order chi connectivity index (χ0) is 36.2. The minimum Gasteiger partial charge on any atom is -0.459 e. The highest BCUT2D eigenvalue weighted by atomic mass is 19.4. The van der Waals surface area contributed by atoms with Crippen molar-refractivity contribution in [3.05, 3.63) is 0 Å². The van der Waals surface area contributed by atoms with Crippen molar-refractivity contribution < 1.29 is 51.3 Å². The minimum atomic E-state index is -4.49. The normalized spacial score (nSPS) is 26.1. The van der Waals surface area contributed by atoms with E-state index in [9.17, 15) is 32.3 Å². The molecule has 0 aromatic carbocycles. The molecule has 0 N–H and O–H groups in total. The summed E-state index contributed by atoms with van der Waals surface area (Å²) in [4.78, 5) is 47.0. The molecule has 4 rings (SSSR count). The van der Waals surface area contributed by atoms with Crippen LogP contribution in [0.3, 0.4) is 0 Å². The quantitative estimate of drug-likeness (QED) is 0.165. The molecule has 0 spiro atoms. The molecule has 6 unspecified atom stereocenters. The van der Waals surface area contributed by atoms with E-state index in [1.165, 1.54) is 12.8 Å². The van der Waals surface area contributed by atoms with Gasteiger partial charge in [-0.05, 0) is 113 Å². The number of hydrogen-bond donors (Lipinski definition) is 0.